The molecule has 46 heavy (non-hydrogen) atoms. The second kappa shape index (κ2) is 14.4. The maximum Gasteiger partial charge on any atom is 0.184 e. The Bertz CT molecular complexity index is 1690. The monoisotopic (exact) mass is 624 g/mol. The highest BCUT2D eigenvalue weighted by atomic mass is 16.5. The van der Waals surface area contributed by atoms with E-state index in [1.807, 2.05) is 71.4 Å². The van der Waals surface area contributed by atoms with Gasteiger partial charge in [0.05, 0.1) is 41.1 Å². The van der Waals surface area contributed by atoms with Crippen molar-refractivity contribution in [3.8, 4) is 28.7 Å². The third-order valence-electron chi connectivity index (χ3n) is 8.58. The number of anilines is 1. The third kappa shape index (κ3) is 6.78. The van der Waals surface area contributed by atoms with Crippen LogP contribution in [0.2, 0.25) is 0 Å². The van der Waals surface area contributed by atoms with Crippen molar-refractivity contribution in [1.29, 1.82) is 0 Å². The van der Waals surface area contributed by atoms with Gasteiger partial charge in [-0.05, 0) is 61.6 Å². The SMILES string of the molecule is COc1ccc(CN(Cc2ccc(OC)cc2OC)c2ncnc3c2nnn3[C@H]2CCC[C@@H](COc3ccccc3)C2)c(OC)c1. The minimum absolute atomic E-state index is 0.169. The fourth-order valence-electron chi connectivity index (χ4n) is 6.18. The van der Waals surface area contributed by atoms with Crippen molar-refractivity contribution < 1.29 is 23.7 Å². The van der Waals surface area contributed by atoms with Crippen molar-refractivity contribution >= 4 is 17.0 Å². The van der Waals surface area contributed by atoms with E-state index in [4.69, 9.17) is 33.7 Å². The van der Waals surface area contributed by atoms with Gasteiger partial charge in [0, 0.05) is 36.3 Å². The zero-order valence-corrected chi connectivity index (χ0v) is 26.8. The molecule has 0 spiro atoms. The maximum absolute atomic E-state index is 6.12. The Kier molecular flexibility index (Phi) is 9.66. The molecule has 1 aliphatic carbocycles. The molecule has 0 unspecified atom stereocenters. The second-order valence-corrected chi connectivity index (χ2v) is 11.4. The summed E-state index contributed by atoms with van der Waals surface area (Å²) in [6.07, 6.45) is 5.76. The number of fused-ring (bicyclic) bond motifs is 1. The van der Waals surface area contributed by atoms with Gasteiger partial charge in [-0.3, -0.25) is 0 Å². The van der Waals surface area contributed by atoms with Gasteiger partial charge in [0.2, 0.25) is 0 Å². The first-order valence-electron chi connectivity index (χ1n) is 15.5. The van der Waals surface area contributed by atoms with E-state index in [1.165, 1.54) is 0 Å². The number of hydrogen-bond donors (Lipinski definition) is 0. The largest absolute Gasteiger partial charge is 0.497 e. The highest BCUT2D eigenvalue weighted by Crippen LogP contribution is 2.36. The molecule has 1 saturated carbocycles. The topological polar surface area (TPSA) is 106 Å². The summed E-state index contributed by atoms with van der Waals surface area (Å²) in [5.41, 5.74) is 3.28. The zero-order chi connectivity index (χ0) is 31.9. The summed E-state index contributed by atoms with van der Waals surface area (Å²) in [5, 5.41) is 9.32. The molecule has 240 valence electrons. The fourth-order valence-corrected chi connectivity index (χ4v) is 6.18. The first-order chi connectivity index (χ1) is 22.6. The summed E-state index contributed by atoms with van der Waals surface area (Å²) < 4.78 is 30.5. The number of hydrogen-bond acceptors (Lipinski definition) is 10. The average molecular weight is 625 g/mol. The molecule has 0 bridgehead atoms. The number of methoxy groups -OCH3 is 4. The van der Waals surface area contributed by atoms with Gasteiger partial charge >= 0.3 is 0 Å². The fraction of sp³-hybridized carbons (Fsp3) is 0.371. The van der Waals surface area contributed by atoms with Crippen molar-refractivity contribution in [3.05, 3.63) is 84.2 Å². The molecular weight excluding hydrogens is 584 g/mol. The van der Waals surface area contributed by atoms with E-state index in [0.717, 1.165) is 54.1 Å². The molecule has 0 aliphatic heterocycles. The lowest BCUT2D eigenvalue weighted by atomic mass is 9.86. The first-order valence-corrected chi connectivity index (χ1v) is 15.5. The maximum atomic E-state index is 6.12. The van der Waals surface area contributed by atoms with Gasteiger partial charge in [-0.15, -0.1) is 5.10 Å². The summed E-state index contributed by atoms with van der Waals surface area (Å²) in [5.74, 6) is 4.85. The number of nitrogens with zero attached hydrogens (tertiary/aromatic N) is 6. The minimum Gasteiger partial charge on any atom is -0.497 e. The van der Waals surface area contributed by atoms with Crippen molar-refractivity contribution in [3.63, 3.8) is 0 Å². The van der Waals surface area contributed by atoms with E-state index in [1.54, 1.807) is 34.8 Å². The van der Waals surface area contributed by atoms with Crippen molar-refractivity contribution in [2.45, 2.75) is 44.8 Å². The lowest BCUT2D eigenvalue weighted by molar-refractivity contribution is 0.173. The molecule has 0 amide bonds. The van der Waals surface area contributed by atoms with Gasteiger partial charge in [0.25, 0.3) is 0 Å². The molecule has 3 aromatic carbocycles. The second-order valence-electron chi connectivity index (χ2n) is 11.4. The number of ether oxygens (including phenoxy) is 5. The summed E-state index contributed by atoms with van der Waals surface area (Å²) in [4.78, 5) is 11.6. The Labute approximate surface area is 269 Å². The predicted octanol–water partition coefficient (Wildman–Crippen LogP) is 6.27. The molecule has 2 atom stereocenters. The third-order valence-corrected chi connectivity index (χ3v) is 8.58. The average Bonchev–Trinajstić information content (AvgIpc) is 3.56. The molecule has 0 radical (unpaired) electrons. The van der Waals surface area contributed by atoms with E-state index in [9.17, 15) is 0 Å². The number of aromatic nitrogens is 5. The molecule has 5 aromatic rings. The Morgan fingerprint density at radius 1 is 0.761 bits per heavy atom. The van der Waals surface area contributed by atoms with E-state index in [-0.39, 0.29) is 6.04 Å². The van der Waals surface area contributed by atoms with Crippen LogP contribution in [0.5, 0.6) is 28.7 Å². The zero-order valence-electron chi connectivity index (χ0n) is 26.8. The quantitative estimate of drug-likeness (QED) is 0.149. The van der Waals surface area contributed by atoms with Crippen LogP contribution in [0.1, 0.15) is 42.9 Å². The molecule has 11 nitrogen and oxygen atoms in total. The van der Waals surface area contributed by atoms with E-state index >= 15 is 0 Å². The smallest absolute Gasteiger partial charge is 0.184 e. The lowest BCUT2D eigenvalue weighted by Crippen LogP contribution is -2.25. The van der Waals surface area contributed by atoms with E-state index in [0.29, 0.717) is 54.1 Å². The van der Waals surface area contributed by atoms with Crippen LogP contribution in [0.15, 0.2) is 73.1 Å². The van der Waals surface area contributed by atoms with Crippen LogP contribution in [0.4, 0.5) is 5.82 Å². The normalized spacial score (nSPS) is 16.2. The van der Waals surface area contributed by atoms with Gasteiger partial charge in [-0.2, -0.15) is 0 Å². The molecular formula is C35H40N6O5. The Balaban J connectivity index is 1.32. The van der Waals surface area contributed by atoms with Crippen molar-refractivity contribution in [2.75, 3.05) is 39.9 Å². The van der Waals surface area contributed by atoms with Gasteiger partial charge in [-0.25, -0.2) is 14.6 Å². The van der Waals surface area contributed by atoms with Gasteiger partial charge in [-0.1, -0.05) is 29.8 Å². The minimum atomic E-state index is 0.169. The number of rotatable bonds is 13. The Morgan fingerprint density at radius 3 is 2.07 bits per heavy atom. The van der Waals surface area contributed by atoms with Crippen LogP contribution in [0.3, 0.4) is 0 Å². The van der Waals surface area contributed by atoms with Crippen LogP contribution in [-0.4, -0.2) is 60.0 Å². The highest BCUT2D eigenvalue weighted by molar-refractivity contribution is 5.82. The van der Waals surface area contributed by atoms with Crippen molar-refractivity contribution in [2.24, 2.45) is 5.92 Å². The molecule has 0 N–H and O–H groups in total. The van der Waals surface area contributed by atoms with E-state index in [2.05, 4.69) is 15.2 Å². The van der Waals surface area contributed by atoms with Crippen LogP contribution in [0.25, 0.3) is 11.2 Å². The Morgan fingerprint density at radius 2 is 1.43 bits per heavy atom. The van der Waals surface area contributed by atoms with E-state index < -0.39 is 0 Å². The summed E-state index contributed by atoms with van der Waals surface area (Å²) >= 11 is 0. The Hall–Kier alpha value is -5.06. The number of benzene rings is 3. The summed E-state index contributed by atoms with van der Waals surface area (Å²) in [7, 11) is 6.60. The van der Waals surface area contributed by atoms with Crippen LogP contribution >= 0.6 is 0 Å². The molecule has 0 saturated heterocycles. The molecule has 2 heterocycles. The summed E-state index contributed by atoms with van der Waals surface area (Å²) in [6.45, 7) is 1.63. The molecule has 2 aromatic heterocycles. The van der Waals surface area contributed by atoms with Crippen molar-refractivity contribution in [1.82, 2.24) is 25.0 Å². The number of para-hydroxylation sites is 1. The summed E-state index contributed by atoms with van der Waals surface area (Å²) in [6, 6.07) is 21.8. The molecule has 11 heteroatoms. The molecule has 1 fully saturated rings. The van der Waals surface area contributed by atoms with Gasteiger partial charge in [0.1, 0.15) is 35.1 Å². The highest BCUT2D eigenvalue weighted by Gasteiger charge is 2.28. The van der Waals surface area contributed by atoms with Crippen LogP contribution in [0, 0.1) is 5.92 Å². The predicted molar refractivity (Wildman–Crippen MR) is 175 cm³/mol. The molecule has 1 aliphatic rings. The van der Waals surface area contributed by atoms with Gasteiger partial charge in [0.15, 0.2) is 17.0 Å². The standard InChI is InChI=1S/C35H40N6O5/c1-42-29-15-13-25(31(18-29)44-3)20-40(21-26-14-16-30(43-2)19-32(26)45-4)34-33-35(37-23-36-34)41(39-38-33)27-10-8-9-24(17-27)22-46-28-11-6-5-7-12-28/h5-7,11-16,18-19,23-24,27H,8-10,17,20-22H2,1-4H3/t24-,27+/m1/s1. The van der Waals surface area contributed by atoms with Crippen LogP contribution < -0.4 is 28.6 Å². The van der Waals surface area contributed by atoms with Crippen LogP contribution in [-0.2, 0) is 13.1 Å². The first kappa shape index (κ1) is 30.9. The van der Waals surface area contributed by atoms with Gasteiger partial charge < -0.3 is 28.6 Å². The lowest BCUT2D eigenvalue weighted by Gasteiger charge is -2.29. The molecule has 6 rings (SSSR count).